The molecule has 1 heterocycles. The van der Waals surface area contributed by atoms with Gasteiger partial charge in [-0.25, -0.2) is 13.4 Å². The van der Waals surface area contributed by atoms with Gasteiger partial charge >= 0.3 is 0 Å². The first-order valence-corrected chi connectivity index (χ1v) is 8.50. The van der Waals surface area contributed by atoms with Gasteiger partial charge in [-0.3, -0.25) is 0 Å². The summed E-state index contributed by atoms with van der Waals surface area (Å²) in [5.74, 6) is -0.277. The van der Waals surface area contributed by atoms with E-state index in [1.807, 2.05) is 31.2 Å². The summed E-state index contributed by atoms with van der Waals surface area (Å²) < 4.78 is 29.2. The van der Waals surface area contributed by atoms with Crippen LogP contribution in [0.3, 0.4) is 0 Å². The Morgan fingerprint density at radius 2 is 1.87 bits per heavy atom. The molecule has 23 heavy (non-hydrogen) atoms. The van der Waals surface area contributed by atoms with Gasteiger partial charge in [0.25, 0.3) is 0 Å². The first-order chi connectivity index (χ1) is 10.9. The highest BCUT2D eigenvalue weighted by Crippen LogP contribution is 2.25. The average Bonchev–Trinajstić information content (AvgIpc) is 2.54. The Bertz CT molecular complexity index is 828. The molecule has 0 radical (unpaired) electrons. The van der Waals surface area contributed by atoms with Crippen LogP contribution in [-0.4, -0.2) is 20.5 Å². The smallest absolute Gasteiger partial charge is 0.239 e. The number of benzene rings is 1. The maximum atomic E-state index is 12.1. The van der Waals surface area contributed by atoms with Crippen LogP contribution in [-0.2, 0) is 15.6 Å². The van der Waals surface area contributed by atoms with Gasteiger partial charge in [-0.05, 0) is 35.9 Å². The molecule has 0 fully saturated rings. The summed E-state index contributed by atoms with van der Waals surface area (Å²) in [5.41, 5.74) is 2.12. The van der Waals surface area contributed by atoms with Crippen LogP contribution in [0.5, 0.6) is 5.75 Å². The Morgan fingerprint density at radius 1 is 1.17 bits per heavy atom. The molecule has 120 valence electrons. The lowest BCUT2D eigenvalue weighted by atomic mass is 10.2. The lowest BCUT2D eigenvalue weighted by Crippen LogP contribution is -2.02. The number of aryl methyl sites for hydroxylation is 1. The number of ether oxygens (including phenoxy) is 1. The van der Waals surface area contributed by atoms with Gasteiger partial charge in [-0.2, -0.15) is 0 Å². The summed E-state index contributed by atoms with van der Waals surface area (Å²) in [6, 6.07) is 10.4. The molecule has 0 aliphatic rings. The van der Waals surface area contributed by atoms with Crippen LogP contribution in [0, 0.1) is 11.8 Å². The van der Waals surface area contributed by atoms with Gasteiger partial charge in [-0.1, -0.05) is 29.8 Å². The Labute approximate surface area is 134 Å². The van der Waals surface area contributed by atoms with Crippen LogP contribution in [0.4, 0.5) is 5.82 Å². The third kappa shape index (κ3) is 4.72. The van der Waals surface area contributed by atoms with E-state index in [-0.39, 0.29) is 23.0 Å². The zero-order chi connectivity index (χ0) is 16.9. The fourth-order valence-corrected chi connectivity index (χ4v) is 2.93. The third-order valence-corrected chi connectivity index (χ3v) is 4.35. The second-order valence-corrected chi connectivity index (χ2v) is 6.83. The molecule has 0 unspecified atom stereocenters. The van der Waals surface area contributed by atoms with Crippen molar-refractivity contribution in [1.82, 2.24) is 4.98 Å². The Hall–Kier alpha value is -2.54. The highest BCUT2D eigenvalue weighted by atomic mass is 32.2. The molecule has 0 aliphatic carbocycles. The monoisotopic (exact) mass is 332 g/mol. The summed E-state index contributed by atoms with van der Waals surface area (Å²) >= 11 is 0. The van der Waals surface area contributed by atoms with Crippen LogP contribution < -0.4 is 4.74 Å². The lowest BCUT2D eigenvalue weighted by Gasteiger charge is -2.04. The topological polar surface area (TPSA) is 85.7 Å². The van der Waals surface area contributed by atoms with Gasteiger partial charge in [0.15, 0.2) is 15.6 Å². The molecule has 0 saturated heterocycles. The molecule has 2 aromatic rings. The first kappa shape index (κ1) is 16.8. The molecule has 0 N–H and O–H groups in total. The van der Waals surface area contributed by atoms with E-state index in [9.17, 15) is 13.3 Å². The number of rotatable bonds is 6. The average molecular weight is 332 g/mol. The van der Waals surface area contributed by atoms with E-state index in [1.54, 1.807) is 0 Å². The molecular weight excluding hydrogens is 316 g/mol. The van der Waals surface area contributed by atoms with Crippen molar-refractivity contribution in [1.29, 1.82) is 0 Å². The van der Waals surface area contributed by atoms with Crippen molar-refractivity contribution in [3.8, 4) is 5.75 Å². The normalized spacial score (nSPS) is 11.6. The van der Waals surface area contributed by atoms with Crippen molar-refractivity contribution >= 4 is 21.7 Å². The van der Waals surface area contributed by atoms with Crippen LogP contribution >= 0.6 is 0 Å². The van der Waals surface area contributed by atoms with Gasteiger partial charge in [0, 0.05) is 5.41 Å². The van der Waals surface area contributed by atoms with Crippen LogP contribution in [0.15, 0.2) is 47.0 Å². The minimum atomic E-state index is -3.52. The number of hydrogen-bond acceptors (Lipinski definition) is 6. The van der Waals surface area contributed by atoms with Crippen LogP contribution in [0.1, 0.15) is 16.8 Å². The number of nitroso groups, excluding NO2 is 1. The van der Waals surface area contributed by atoms with Crippen molar-refractivity contribution in [3.05, 3.63) is 63.5 Å². The second-order valence-electron chi connectivity index (χ2n) is 4.94. The Balaban J connectivity index is 2.17. The molecular formula is C16H16N2O4S. The number of aromatic nitrogens is 1. The zero-order valence-corrected chi connectivity index (χ0v) is 13.6. The molecule has 0 spiro atoms. The fourth-order valence-electron chi connectivity index (χ4n) is 1.89. The molecule has 1 aromatic heterocycles. The zero-order valence-electron chi connectivity index (χ0n) is 12.8. The number of sulfone groups is 1. The Morgan fingerprint density at radius 3 is 2.48 bits per heavy atom. The van der Waals surface area contributed by atoms with Gasteiger partial charge in [0.2, 0.25) is 5.82 Å². The molecule has 2 rings (SSSR count). The molecule has 0 atom stereocenters. The molecule has 6 nitrogen and oxygen atoms in total. The van der Waals surface area contributed by atoms with E-state index in [1.165, 1.54) is 25.3 Å². The van der Waals surface area contributed by atoms with Gasteiger partial charge in [0.1, 0.15) is 0 Å². The van der Waals surface area contributed by atoms with E-state index >= 15 is 0 Å². The number of hydrogen-bond donors (Lipinski definition) is 0. The van der Waals surface area contributed by atoms with Gasteiger partial charge in [0.05, 0.1) is 18.6 Å². The third-order valence-electron chi connectivity index (χ3n) is 3.10. The van der Waals surface area contributed by atoms with Crippen molar-refractivity contribution < 1.29 is 13.2 Å². The molecule has 7 heteroatoms. The first-order valence-electron chi connectivity index (χ1n) is 6.78. The maximum Gasteiger partial charge on any atom is 0.239 e. The van der Waals surface area contributed by atoms with Gasteiger partial charge < -0.3 is 4.74 Å². The van der Waals surface area contributed by atoms with Crippen LogP contribution in [0.2, 0.25) is 0 Å². The summed E-state index contributed by atoms with van der Waals surface area (Å²) in [5, 5.41) is 3.87. The standard InChI is InChI=1S/C16H16N2O4S/c1-12-3-5-13(6-4-12)9-10-23(20,21)11-14-7-8-15(22-2)16(17-14)18-19/h3-10H,11H2,1-2H3. The highest BCUT2D eigenvalue weighted by molar-refractivity contribution is 7.93. The summed E-state index contributed by atoms with van der Waals surface area (Å²) in [6.07, 6.45) is 1.52. The van der Waals surface area contributed by atoms with Crippen molar-refractivity contribution in [2.45, 2.75) is 12.7 Å². The molecule has 0 saturated carbocycles. The van der Waals surface area contributed by atoms with Gasteiger partial charge in [-0.15, -0.1) is 4.91 Å². The van der Waals surface area contributed by atoms with E-state index < -0.39 is 9.84 Å². The second kappa shape index (κ2) is 7.15. The number of methoxy groups -OCH3 is 1. The molecule has 0 aliphatic heterocycles. The maximum absolute atomic E-state index is 12.1. The summed E-state index contributed by atoms with van der Waals surface area (Å²) in [7, 11) is -2.13. The quantitative estimate of drug-likeness (QED) is 0.757. The van der Waals surface area contributed by atoms with E-state index in [2.05, 4.69) is 10.2 Å². The largest absolute Gasteiger partial charge is 0.493 e. The Kier molecular flexibility index (Phi) is 5.23. The number of pyridine rings is 1. The van der Waals surface area contributed by atoms with E-state index in [4.69, 9.17) is 4.74 Å². The van der Waals surface area contributed by atoms with Crippen molar-refractivity contribution in [3.63, 3.8) is 0 Å². The SMILES string of the molecule is COc1ccc(CS(=O)(=O)C=Cc2ccc(C)cc2)nc1N=O. The van der Waals surface area contributed by atoms with Crippen LogP contribution in [0.25, 0.3) is 6.08 Å². The summed E-state index contributed by atoms with van der Waals surface area (Å²) in [6.45, 7) is 1.96. The fraction of sp³-hybridized carbons (Fsp3) is 0.188. The van der Waals surface area contributed by atoms with Crippen molar-refractivity contribution in [2.75, 3.05) is 7.11 Å². The molecule has 0 amide bonds. The van der Waals surface area contributed by atoms with E-state index in [0.29, 0.717) is 0 Å². The summed E-state index contributed by atoms with van der Waals surface area (Å²) in [4.78, 5) is 14.6. The molecule has 0 bridgehead atoms. The van der Waals surface area contributed by atoms with E-state index in [0.717, 1.165) is 16.5 Å². The molecule has 1 aromatic carbocycles. The predicted molar refractivity (Wildman–Crippen MR) is 89.1 cm³/mol. The number of nitrogens with zero attached hydrogens (tertiary/aromatic N) is 2. The highest BCUT2D eigenvalue weighted by Gasteiger charge is 2.12. The van der Waals surface area contributed by atoms with Crippen molar-refractivity contribution in [2.24, 2.45) is 5.18 Å². The lowest BCUT2D eigenvalue weighted by molar-refractivity contribution is 0.414. The predicted octanol–water partition coefficient (Wildman–Crippen LogP) is 3.38. The minimum absolute atomic E-state index is 0.164. The minimum Gasteiger partial charge on any atom is -0.493 e.